The molecule has 0 saturated carbocycles. The minimum absolute atomic E-state index is 0. The van der Waals surface area contributed by atoms with Crippen LogP contribution in [0.1, 0.15) is 50.7 Å². The first-order valence-electron chi connectivity index (χ1n) is 6.30. The molecule has 0 fully saturated rings. The molecule has 0 spiro atoms. The molecule has 0 aliphatic heterocycles. The summed E-state index contributed by atoms with van der Waals surface area (Å²) < 4.78 is 0.865. The molecule has 0 unspecified atom stereocenters. The van der Waals surface area contributed by atoms with Gasteiger partial charge in [0, 0.05) is 4.47 Å². The van der Waals surface area contributed by atoms with Gasteiger partial charge in [0.2, 0.25) is 0 Å². The van der Waals surface area contributed by atoms with E-state index in [1.807, 2.05) is 0 Å². The fourth-order valence-electron chi connectivity index (χ4n) is 1.86. The zero-order chi connectivity index (χ0) is 12.8. The van der Waals surface area contributed by atoms with Crippen molar-refractivity contribution in [3.8, 4) is 11.5 Å². The van der Waals surface area contributed by atoms with Crippen LogP contribution in [0.4, 0.5) is 0 Å². The zero-order valence-electron chi connectivity index (χ0n) is 10.8. The molecule has 0 atom stereocenters. The predicted octanol–water partition coefficient (Wildman–Crippen LogP) is 3.28. The van der Waals surface area contributed by atoms with Gasteiger partial charge in [-0.05, 0) is 36.8 Å². The van der Waals surface area contributed by atoms with E-state index in [4.69, 9.17) is 0 Å². The van der Waals surface area contributed by atoms with Crippen molar-refractivity contribution in [1.82, 2.24) is 0 Å². The normalized spacial score (nSPS) is 10.2. The van der Waals surface area contributed by atoms with Gasteiger partial charge in [0.05, 0.1) is 0 Å². The Hall–Kier alpha value is -0.206. The van der Waals surface area contributed by atoms with Crippen molar-refractivity contribution in [3.05, 3.63) is 21.7 Å². The van der Waals surface area contributed by atoms with Crippen LogP contribution in [0.5, 0.6) is 11.5 Å². The average Bonchev–Trinajstić information content (AvgIpc) is 2.32. The van der Waals surface area contributed by atoms with E-state index in [-0.39, 0.29) is 28.0 Å². The molecule has 0 aromatic heterocycles. The van der Waals surface area contributed by atoms with E-state index >= 15 is 0 Å². The van der Waals surface area contributed by atoms with E-state index in [1.165, 1.54) is 6.07 Å². The van der Waals surface area contributed by atoms with Crippen molar-refractivity contribution in [2.24, 2.45) is 0 Å². The smallest absolute Gasteiger partial charge is 0.873 e. The second-order valence-electron chi connectivity index (χ2n) is 4.36. The molecule has 0 bridgehead atoms. The summed E-state index contributed by atoms with van der Waals surface area (Å²) in [5, 5.41) is 23.4. The number of benzene rings is 1. The Bertz CT molecular complexity index is 381. The van der Waals surface area contributed by atoms with Crippen molar-refractivity contribution >= 4 is 15.9 Å². The molecule has 1 rings (SSSR count). The standard InChI is InChI=1S/C14H21BrO2.Ni/c1-3-5-7-10-9-12(16)14(17)11(13(10)15)8-6-4-2;/h9,16-17H,3-8H2,1-2H3;/q;+2/p-2. The van der Waals surface area contributed by atoms with Gasteiger partial charge in [0.1, 0.15) is 0 Å². The second-order valence-corrected chi connectivity index (χ2v) is 5.16. The van der Waals surface area contributed by atoms with Crippen LogP contribution in [0.3, 0.4) is 0 Å². The van der Waals surface area contributed by atoms with Gasteiger partial charge in [0.15, 0.2) is 0 Å². The summed E-state index contributed by atoms with van der Waals surface area (Å²) >= 11 is 3.49. The number of halogens is 1. The van der Waals surface area contributed by atoms with Gasteiger partial charge < -0.3 is 10.2 Å². The molecule has 0 saturated heterocycles. The first-order valence-corrected chi connectivity index (χ1v) is 7.09. The van der Waals surface area contributed by atoms with Gasteiger partial charge in [0.25, 0.3) is 0 Å². The summed E-state index contributed by atoms with van der Waals surface area (Å²) in [7, 11) is 0. The Labute approximate surface area is 128 Å². The van der Waals surface area contributed by atoms with Crippen molar-refractivity contribution < 1.29 is 26.7 Å². The summed E-state index contributed by atoms with van der Waals surface area (Å²) in [6.45, 7) is 4.20. The molecule has 0 aliphatic rings. The maximum atomic E-state index is 11.8. The Kier molecular flexibility index (Phi) is 8.72. The SMILES string of the molecule is CCCCc1cc([O-])c([O-])c(CCCC)c1Br.[Ni+2]. The fraction of sp³-hybridized carbons (Fsp3) is 0.571. The molecule has 0 radical (unpaired) electrons. The average molecular weight is 358 g/mol. The van der Waals surface area contributed by atoms with E-state index < -0.39 is 0 Å². The Morgan fingerprint density at radius 3 is 2.17 bits per heavy atom. The van der Waals surface area contributed by atoms with Gasteiger partial charge in [-0.15, -0.1) is 11.5 Å². The van der Waals surface area contributed by atoms with Gasteiger partial charge in [-0.25, -0.2) is 0 Å². The van der Waals surface area contributed by atoms with Crippen LogP contribution in [-0.2, 0) is 29.3 Å². The molecule has 104 valence electrons. The minimum atomic E-state index is -0.356. The summed E-state index contributed by atoms with van der Waals surface area (Å²) in [6.07, 6.45) is 5.67. The molecule has 0 heterocycles. The zero-order valence-corrected chi connectivity index (χ0v) is 13.4. The van der Waals surface area contributed by atoms with Crippen LogP contribution in [0, 0.1) is 0 Å². The van der Waals surface area contributed by atoms with E-state index in [1.54, 1.807) is 0 Å². The quantitative estimate of drug-likeness (QED) is 0.733. The van der Waals surface area contributed by atoms with Crippen LogP contribution >= 0.6 is 15.9 Å². The largest absolute Gasteiger partial charge is 2.00 e. The van der Waals surface area contributed by atoms with Crippen LogP contribution in [0.25, 0.3) is 0 Å². The number of aryl methyl sites for hydroxylation is 1. The van der Waals surface area contributed by atoms with Gasteiger partial charge in [-0.2, -0.15) is 0 Å². The minimum Gasteiger partial charge on any atom is -0.873 e. The molecule has 1 aromatic rings. The van der Waals surface area contributed by atoms with Gasteiger partial charge >= 0.3 is 16.5 Å². The van der Waals surface area contributed by atoms with E-state index in [9.17, 15) is 10.2 Å². The Balaban J connectivity index is 0.00000289. The topological polar surface area (TPSA) is 46.1 Å². The fourth-order valence-corrected chi connectivity index (χ4v) is 2.55. The molecule has 0 aliphatic carbocycles. The van der Waals surface area contributed by atoms with Crippen LogP contribution < -0.4 is 10.2 Å². The molecule has 4 heteroatoms. The van der Waals surface area contributed by atoms with Crippen LogP contribution in [-0.4, -0.2) is 0 Å². The summed E-state index contributed by atoms with van der Waals surface area (Å²) in [4.78, 5) is 0. The predicted molar refractivity (Wildman–Crippen MR) is 70.3 cm³/mol. The Morgan fingerprint density at radius 1 is 1.06 bits per heavy atom. The Morgan fingerprint density at radius 2 is 1.61 bits per heavy atom. The van der Waals surface area contributed by atoms with Crippen molar-refractivity contribution in [3.63, 3.8) is 0 Å². The van der Waals surface area contributed by atoms with Crippen molar-refractivity contribution in [2.75, 3.05) is 0 Å². The van der Waals surface area contributed by atoms with E-state index in [2.05, 4.69) is 29.8 Å². The molecule has 2 nitrogen and oxygen atoms in total. The third-order valence-corrected chi connectivity index (χ3v) is 3.92. The molecule has 0 amide bonds. The summed E-state index contributed by atoms with van der Waals surface area (Å²) in [6, 6.07) is 1.50. The number of hydrogen-bond acceptors (Lipinski definition) is 2. The first kappa shape index (κ1) is 17.8. The third kappa shape index (κ3) is 4.47. The van der Waals surface area contributed by atoms with Gasteiger partial charge in [-0.3, -0.25) is 0 Å². The maximum absolute atomic E-state index is 11.8. The maximum Gasteiger partial charge on any atom is 2.00 e. The summed E-state index contributed by atoms with van der Waals surface area (Å²) in [5.74, 6) is -0.684. The second kappa shape index (κ2) is 8.82. The van der Waals surface area contributed by atoms with Crippen molar-refractivity contribution in [1.29, 1.82) is 0 Å². The molecule has 1 aromatic carbocycles. The van der Waals surface area contributed by atoms with Crippen LogP contribution in [0.2, 0.25) is 0 Å². The van der Waals surface area contributed by atoms with Crippen LogP contribution in [0.15, 0.2) is 10.5 Å². The van der Waals surface area contributed by atoms with E-state index in [0.717, 1.165) is 42.1 Å². The van der Waals surface area contributed by atoms with E-state index in [0.29, 0.717) is 12.0 Å². The van der Waals surface area contributed by atoms with Crippen molar-refractivity contribution in [2.45, 2.75) is 52.4 Å². The third-order valence-electron chi connectivity index (χ3n) is 2.93. The summed E-state index contributed by atoms with van der Waals surface area (Å²) in [5.41, 5.74) is 1.66. The monoisotopic (exact) mass is 356 g/mol. The number of unbranched alkanes of at least 4 members (excludes halogenated alkanes) is 2. The first-order chi connectivity index (χ1) is 8.11. The number of hydrogen-bond donors (Lipinski definition) is 0. The molecule has 18 heavy (non-hydrogen) atoms. The molecule has 0 N–H and O–H groups in total. The number of rotatable bonds is 6. The molecular weight excluding hydrogens is 339 g/mol. The molecular formula is C14H19BrNiO2. The van der Waals surface area contributed by atoms with Gasteiger partial charge in [-0.1, -0.05) is 48.7 Å².